The number of nitro benzene ring substituents is 1. The third kappa shape index (κ3) is 3.72. The molecule has 0 aliphatic rings. The van der Waals surface area contributed by atoms with Crippen LogP contribution in [-0.2, 0) is 5.75 Å². The van der Waals surface area contributed by atoms with E-state index >= 15 is 0 Å². The van der Waals surface area contributed by atoms with Crippen LogP contribution < -0.4 is 16.6 Å². The van der Waals surface area contributed by atoms with Crippen molar-refractivity contribution in [2.45, 2.75) is 10.9 Å². The van der Waals surface area contributed by atoms with Crippen molar-refractivity contribution in [1.29, 1.82) is 0 Å². The Kier molecular flexibility index (Phi) is 4.43. The number of nitrogens with one attached hydrogen (secondary N) is 2. The van der Waals surface area contributed by atoms with Gasteiger partial charge < -0.3 is 16.0 Å². The lowest BCUT2D eigenvalue weighted by molar-refractivity contribution is -0.384. The zero-order chi connectivity index (χ0) is 15.4. The molecule has 1 heterocycles. The fraction of sp³-hybridized carbons (Fsp3) is 0.167. The summed E-state index contributed by atoms with van der Waals surface area (Å²) < 4.78 is 0. The number of rotatable bonds is 5. The maximum atomic E-state index is 11.3. The molecule has 21 heavy (non-hydrogen) atoms. The third-order valence-corrected chi connectivity index (χ3v) is 3.60. The van der Waals surface area contributed by atoms with Crippen molar-refractivity contribution in [3.05, 3.63) is 50.3 Å². The maximum absolute atomic E-state index is 11.3. The largest absolute Gasteiger partial charge is 0.388 e. The number of hydrogen-bond donors (Lipinski definition) is 3. The number of non-ortho nitro benzene ring substituents is 1. The Morgan fingerprint density at radius 3 is 2.86 bits per heavy atom. The van der Waals surface area contributed by atoms with E-state index in [2.05, 4.69) is 15.3 Å². The molecule has 0 amide bonds. The summed E-state index contributed by atoms with van der Waals surface area (Å²) in [5.41, 5.74) is 6.69. The number of nitrogens with zero attached hydrogens (tertiary/aromatic N) is 2. The Labute approximate surface area is 123 Å². The van der Waals surface area contributed by atoms with E-state index in [0.29, 0.717) is 10.9 Å². The van der Waals surface area contributed by atoms with Crippen LogP contribution in [0, 0.1) is 10.1 Å². The van der Waals surface area contributed by atoms with Crippen molar-refractivity contribution in [3.8, 4) is 0 Å². The molecule has 2 aromatic rings. The number of aromatic amines is 1. The van der Waals surface area contributed by atoms with Gasteiger partial charge in [-0.05, 0) is 11.6 Å². The number of anilines is 2. The van der Waals surface area contributed by atoms with Gasteiger partial charge in [0.25, 0.3) is 11.2 Å². The van der Waals surface area contributed by atoms with Crippen LogP contribution in [0.5, 0.6) is 0 Å². The van der Waals surface area contributed by atoms with E-state index in [4.69, 9.17) is 5.73 Å². The molecule has 0 aliphatic carbocycles. The molecule has 0 saturated carbocycles. The molecule has 0 unspecified atom stereocenters. The normalized spacial score (nSPS) is 10.3. The number of nitro groups is 1. The van der Waals surface area contributed by atoms with Crippen LogP contribution in [0.25, 0.3) is 0 Å². The number of nitrogens with two attached hydrogens (primary N) is 1. The predicted molar refractivity (Wildman–Crippen MR) is 81.5 cm³/mol. The highest BCUT2D eigenvalue weighted by atomic mass is 32.2. The first kappa shape index (κ1) is 14.9. The molecule has 9 heteroatoms. The van der Waals surface area contributed by atoms with Crippen LogP contribution in [-0.4, -0.2) is 21.9 Å². The zero-order valence-corrected chi connectivity index (χ0v) is 11.9. The van der Waals surface area contributed by atoms with Gasteiger partial charge in [0, 0.05) is 36.7 Å². The molecule has 0 radical (unpaired) electrons. The van der Waals surface area contributed by atoms with Gasteiger partial charge in [-0.2, -0.15) is 0 Å². The van der Waals surface area contributed by atoms with Crippen LogP contribution in [0.2, 0.25) is 0 Å². The minimum atomic E-state index is -0.450. The summed E-state index contributed by atoms with van der Waals surface area (Å²) in [6, 6.07) is 5.75. The quantitative estimate of drug-likeness (QED) is 0.331. The van der Waals surface area contributed by atoms with Crippen LogP contribution in [0.1, 0.15) is 5.56 Å². The van der Waals surface area contributed by atoms with E-state index in [9.17, 15) is 14.9 Å². The number of aromatic nitrogens is 2. The Morgan fingerprint density at radius 2 is 2.24 bits per heavy atom. The van der Waals surface area contributed by atoms with Crippen LogP contribution in [0.4, 0.5) is 17.2 Å². The summed E-state index contributed by atoms with van der Waals surface area (Å²) in [6.07, 6.45) is 0. The SMILES string of the molecule is CNc1ccc([N+](=O)[O-])cc1CSc1nc(N)cc(=O)[nH]1. The first-order chi connectivity index (χ1) is 9.99. The highest BCUT2D eigenvalue weighted by Crippen LogP contribution is 2.27. The standard InChI is InChI=1S/C12H13N5O3S/c1-14-9-3-2-8(17(19)20)4-7(9)6-21-12-15-10(13)5-11(18)16-12/h2-5,14H,6H2,1H3,(H3,13,15,16,18). The summed E-state index contributed by atoms with van der Waals surface area (Å²) in [5.74, 6) is 0.540. The van der Waals surface area contributed by atoms with Gasteiger partial charge in [0.2, 0.25) is 0 Å². The molecular weight excluding hydrogens is 294 g/mol. The second-order valence-electron chi connectivity index (χ2n) is 4.11. The fourth-order valence-corrected chi connectivity index (χ4v) is 2.60. The van der Waals surface area contributed by atoms with E-state index in [0.717, 1.165) is 11.3 Å². The van der Waals surface area contributed by atoms with Crippen LogP contribution in [0.3, 0.4) is 0 Å². The first-order valence-corrected chi connectivity index (χ1v) is 6.93. The van der Waals surface area contributed by atoms with E-state index in [1.807, 2.05) is 0 Å². The van der Waals surface area contributed by atoms with E-state index in [-0.39, 0.29) is 17.1 Å². The van der Waals surface area contributed by atoms with Crippen molar-refractivity contribution in [1.82, 2.24) is 9.97 Å². The van der Waals surface area contributed by atoms with Crippen LogP contribution in [0.15, 0.2) is 34.2 Å². The summed E-state index contributed by atoms with van der Waals surface area (Å²) in [5, 5.41) is 14.2. The highest BCUT2D eigenvalue weighted by Gasteiger charge is 2.11. The molecule has 8 nitrogen and oxygen atoms in total. The summed E-state index contributed by atoms with van der Waals surface area (Å²) in [4.78, 5) is 28.2. The molecule has 4 N–H and O–H groups in total. The second kappa shape index (κ2) is 6.27. The lowest BCUT2D eigenvalue weighted by Gasteiger charge is -2.08. The summed E-state index contributed by atoms with van der Waals surface area (Å²) in [7, 11) is 1.73. The van der Waals surface area contributed by atoms with Gasteiger partial charge in [-0.3, -0.25) is 14.9 Å². The molecule has 110 valence electrons. The molecule has 2 rings (SSSR count). The molecular formula is C12H13N5O3S. The molecule has 0 saturated heterocycles. The number of H-pyrrole nitrogens is 1. The van der Waals surface area contributed by atoms with Gasteiger partial charge in [0.1, 0.15) is 5.82 Å². The molecule has 1 aromatic heterocycles. The molecule has 0 fully saturated rings. The number of nitrogen functional groups attached to an aromatic ring is 1. The lowest BCUT2D eigenvalue weighted by Crippen LogP contribution is -2.09. The molecule has 0 aliphatic heterocycles. The van der Waals surface area contributed by atoms with Gasteiger partial charge in [0.05, 0.1) is 4.92 Å². The molecule has 1 aromatic carbocycles. The smallest absolute Gasteiger partial charge is 0.269 e. The third-order valence-electron chi connectivity index (χ3n) is 2.67. The van der Waals surface area contributed by atoms with Crippen molar-refractivity contribution < 1.29 is 4.92 Å². The highest BCUT2D eigenvalue weighted by molar-refractivity contribution is 7.98. The van der Waals surface area contributed by atoms with Crippen molar-refractivity contribution >= 4 is 29.0 Å². The topological polar surface area (TPSA) is 127 Å². The van der Waals surface area contributed by atoms with E-state index < -0.39 is 4.92 Å². The van der Waals surface area contributed by atoms with Crippen molar-refractivity contribution in [3.63, 3.8) is 0 Å². The van der Waals surface area contributed by atoms with Crippen molar-refractivity contribution in [2.75, 3.05) is 18.1 Å². The molecule has 0 atom stereocenters. The van der Waals surface area contributed by atoms with Gasteiger partial charge in [-0.15, -0.1) is 0 Å². The Hall–Kier alpha value is -2.55. The molecule has 0 bridgehead atoms. The summed E-state index contributed by atoms with van der Waals surface area (Å²) >= 11 is 1.24. The average molecular weight is 307 g/mol. The fourth-order valence-electron chi connectivity index (χ4n) is 1.72. The Balaban J connectivity index is 2.23. The molecule has 0 spiro atoms. The predicted octanol–water partition coefficient (Wildman–Crippen LogP) is 1.59. The van der Waals surface area contributed by atoms with Gasteiger partial charge >= 0.3 is 0 Å². The van der Waals surface area contributed by atoms with Crippen molar-refractivity contribution in [2.24, 2.45) is 0 Å². The number of benzene rings is 1. The van der Waals surface area contributed by atoms with Gasteiger partial charge in [-0.25, -0.2) is 4.98 Å². The second-order valence-corrected chi connectivity index (χ2v) is 5.08. The zero-order valence-electron chi connectivity index (χ0n) is 11.1. The monoisotopic (exact) mass is 307 g/mol. The van der Waals surface area contributed by atoms with Gasteiger partial charge in [-0.1, -0.05) is 11.8 Å². The lowest BCUT2D eigenvalue weighted by atomic mass is 10.2. The first-order valence-electron chi connectivity index (χ1n) is 5.94. The summed E-state index contributed by atoms with van der Waals surface area (Å²) in [6.45, 7) is 0. The van der Waals surface area contributed by atoms with E-state index in [1.54, 1.807) is 13.1 Å². The minimum absolute atomic E-state index is 0.0126. The van der Waals surface area contributed by atoms with Gasteiger partial charge in [0.15, 0.2) is 5.16 Å². The Morgan fingerprint density at radius 1 is 1.48 bits per heavy atom. The number of hydrogen-bond acceptors (Lipinski definition) is 7. The average Bonchev–Trinajstić information content (AvgIpc) is 2.43. The van der Waals surface area contributed by atoms with E-state index in [1.165, 1.54) is 30.0 Å². The van der Waals surface area contributed by atoms with Crippen LogP contribution >= 0.6 is 11.8 Å². The Bertz CT molecular complexity index is 731. The maximum Gasteiger partial charge on any atom is 0.269 e. The number of thioether (sulfide) groups is 1. The minimum Gasteiger partial charge on any atom is -0.388 e.